The zero-order valence-corrected chi connectivity index (χ0v) is 18.1. The van der Waals surface area contributed by atoms with E-state index in [1.54, 1.807) is 22.5 Å². The number of anilines is 1. The summed E-state index contributed by atoms with van der Waals surface area (Å²) in [6, 6.07) is 5.09. The predicted molar refractivity (Wildman–Crippen MR) is 111 cm³/mol. The van der Waals surface area contributed by atoms with Crippen molar-refractivity contribution in [2.75, 3.05) is 38.2 Å². The van der Waals surface area contributed by atoms with Gasteiger partial charge in [0.25, 0.3) is 0 Å². The van der Waals surface area contributed by atoms with E-state index < -0.39 is 16.0 Å². The Morgan fingerprint density at radius 3 is 2.57 bits per heavy atom. The second kappa shape index (κ2) is 8.13. The van der Waals surface area contributed by atoms with Crippen molar-refractivity contribution < 1.29 is 17.9 Å². The standard InChI is InChI=1S/C18H20N6O4S2/c1-13-20-15(12-16(21-13)24-6-3-5-19-24)22-7-9-23(10-8-22)30(26,27)14-4-11-29-17(14)18(25)28-2/h3-6,11-12H,7-10H2,1-2H3. The molecule has 0 unspecified atom stereocenters. The lowest BCUT2D eigenvalue weighted by Gasteiger charge is -2.34. The number of nitrogens with zero attached hydrogens (tertiary/aromatic N) is 6. The number of ether oxygens (including phenoxy) is 1. The van der Waals surface area contributed by atoms with Gasteiger partial charge in [0.1, 0.15) is 21.4 Å². The normalized spacial score (nSPS) is 15.3. The SMILES string of the molecule is COC(=O)c1sccc1S(=O)(=O)N1CCN(c2cc(-n3cccn3)nc(C)n2)CC1. The van der Waals surface area contributed by atoms with Crippen LogP contribution in [0.15, 0.2) is 40.9 Å². The Balaban J connectivity index is 1.52. The first-order valence-electron chi connectivity index (χ1n) is 9.17. The summed E-state index contributed by atoms with van der Waals surface area (Å²) in [5.74, 6) is 1.33. The van der Waals surface area contributed by atoms with E-state index in [0.717, 1.165) is 17.2 Å². The quantitative estimate of drug-likeness (QED) is 0.538. The van der Waals surface area contributed by atoms with Crippen molar-refractivity contribution in [1.82, 2.24) is 24.1 Å². The molecule has 3 aromatic heterocycles. The Morgan fingerprint density at radius 2 is 1.90 bits per heavy atom. The van der Waals surface area contributed by atoms with Crippen molar-refractivity contribution in [2.45, 2.75) is 11.8 Å². The molecule has 0 spiro atoms. The fraction of sp³-hybridized carbons (Fsp3) is 0.333. The molecule has 4 heterocycles. The van der Waals surface area contributed by atoms with Crippen LogP contribution in [0, 0.1) is 6.92 Å². The second-order valence-corrected chi connectivity index (χ2v) is 9.40. The molecule has 1 saturated heterocycles. The maximum Gasteiger partial charge on any atom is 0.349 e. The monoisotopic (exact) mass is 448 g/mol. The molecule has 0 amide bonds. The van der Waals surface area contributed by atoms with Crippen LogP contribution in [0.4, 0.5) is 5.82 Å². The number of rotatable bonds is 5. The molecule has 1 aliphatic heterocycles. The Labute approximate surface area is 177 Å². The highest BCUT2D eigenvalue weighted by molar-refractivity contribution is 7.89. The van der Waals surface area contributed by atoms with Crippen molar-refractivity contribution in [3.63, 3.8) is 0 Å². The molecule has 4 rings (SSSR count). The maximum atomic E-state index is 13.1. The zero-order valence-electron chi connectivity index (χ0n) is 16.4. The summed E-state index contributed by atoms with van der Waals surface area (Å²) in [7, 11) is -2.56. The first kappa shape index (κ1) is 20.4. The van der Waals surface area contributed by atoms with E-state index in [2.05, 4.69) is 15.1 Å². The van der Waals surface area contributed by atoms with E-state index in [9.17, 15) is 13.2 Å². The molecular formula is C18H20N6O4S2. The molecule has 0 aliphatic carbocycles. The van der Waals surface area contributed by atoms with E-state index in [1.165, 1.54) is 17.5 Å². The molecule has 0 radical (unpaired) electrons. The van der Waals surface area contributed by atoms with Gasteiger partial charge in [-0.15, -0.1) is 11.3 Å². The summed E-state index contributed by atoms with van der Waals surface area (Å²) in [5.41, 5.74) is 0. The van der Waals surface area contributed by atoms with Crippen LogP contribution < -0.4 is 4.90 Å². The summed E-state index contributed by atoms with van der Waals surface area (Å²) < 4.78 is 33.9. The van der Waals surface area contributed by atoms with Gasteiger partial charge in [0.2, 0.25) is 10.0 Å². The molecule has 1 aliphatic rings. The fourth-order valence-electron chi connectivity index (χ4n) is 3.26. The largest absolute Gasteiger partial charge is 0.465 e. The highest BCUT2D eigenvalue weighted by Crippen LogP contribution is 2.27. The highest BCUT2D eigenvalue weighted by atomic mass is 32.2. The number of carbonyl (C=O) groups excluding carboxylic acids is 1. The number of thiophene rings is 1. The summed E-state index contributed by atoms with van der Waals surface area (Å²) in [6.07, 6.45) is 3.48. The minimum atomic E-state index is -3.79. The van der Waals surface area contributed by atoms with E-state index in [1.807, 2.05) is 24.0 Å². The lowest BCUT2D eigenvalue weighted by molar-refractivity contribution is 0.0602. The molecule has 0 atom stereocenters. The summed E-state index contributed by atoms with van der Waals surface area (Å²) >= 11 is 1.06. The van der Waals surface area contributed by atoms with E-state index in [-0.39, 0.29) is 22.9 Å². The molecule has 12 heteroatoms. The molecule has 30 heavy (non-hydrogen) atoms. The van der Waals surface area contributed by atoms with Crippen LogP contribution in [0.2, 0.25) is 0 Å². The van der Waals surface area contributed by atoms with Gasteiger partial charge in [-0.1, -0.05) is 0 Å². The Kier molecular flexibility index (Phi) is 5.54. The Bertz CT molecular complexity index is 1150. The molecule has 0 aromatic carbocycles. The average Bonchev–Trinajstić information content (AvgIpc) is 3.45. The third-order valence-electron chi connectivity index (χ3n) is 4.73. The molecule has 0 bridgehead atoms. The zero-order chi connectivity index (χ0) is 21.3. The van der Waals surface area contributed by atoms with Crippen molar-refractivity contribution >= 4 is 33.1 Å². The first-order chi connectivity index (χ1) is 14.4. The third-order valence-corrected chi connectivity index (χ3v) is 7.70. The number of methoxy groups -OCH3 is 1. The number of sulfonamides is 1. The lowest BCUT2D eigenvalue weighted by atomic mass is 10.3. The van der Waals surface area contributed by atoms with E-state index >= 15 is 0 Å². The number of esters is 1. The van der Waals surface area contributed by atoms with E-state index in [4.69, 9.17) is 4.74 Å². The van der Waals surface area contributed by atoms with Gasteiger partial charge in [-0.3, -0.25) is 0 Å². The summed E-state index contributed by atoms with van der Waals surface area (Å²) in [6.45, 7) is 3.29. The lowest BCUT2D eigenvalue weighted by Crippen LogP contribution is -2.49. The Morgan fingerprint density at radius 1 is 1.17 bits per heavy atom. The van der Waals surface area contributed by atoms with Crippen molar-refractivity contribution in [3.8, 4) is 5.82 Å². The van der Waals surface area contributed by atoms with Crippen LogP contribution in [0.1, 0.15) is 15.5 Å². The van der Waals surface area contributed by atoms with Gasteiger partial charge in [0.05, 0.1) is 7.11 Å². The maximum absolute atomic E-state index is 13.1. The van der Waals surface area contributed by atoms with Gasteiger partial charge in [0, 0.05) is 44.6 Å². The average molecular weight is 449 g/mol. The summed E-state index contributed by atoms with van der Waals surface area (Å²) in [5, 5.41) is 5.78. The molecule has 10 nitrogen and oxygen atoms in total. The summed E-state index contributed by atoms with van der Waals surface area (Å²) in [4.78, 5) is 22.9. The van der Waals surface area contributed by atoms with Gasteiger partial charge < -0.3 is 9.64 Å². The van der Waals surface area contributed by atoms with Crippen LogP contribution in [0.25, 0.3) is 5.82 Å². The minimum absolute atomic E-state index is 0.00773. The van der Waals surface area contributed by atoms with Crippen LogP contribution in [0.5, 0.6) is 0 Å². The van der Waals surface area contributed by atoms with Gasteiger partial charge in [0.15, 0.2) is 5.82 Å². The number of piperazine rings is 1. The van der Waals surface area contributed by atoms with Crippen LogP contribution in [0.3, 0.4) is 0 Å². The number of aryl methyl sites for hydroxylation is 1. The van der Waals surface area contributed by atoms with Crippen molar-refractivity contribution in [1.29, 1.82) is 0 Å². The minimum Gasteiger partial charge on any atom is -0.465 e. The van der Waals surface area contributed by atoms with Gasteiger partial charge in [-0.2, -0.15) is 9.40 Å². The van der Waals surface area contributed by atoms with Crippen LogP contribution >= 0.6 is 11.3 Å². The topological polar surface area (TPSA) is 111 Å². The number of carbonyl (C=O) groups is 1. The predicted octanol–water partition coefficient (Wildman–Crippen LogP) is 1.33. The van der Waals surface area contributed by atoms with Gasteiger partial charge in [-0.25, -0.2) is 27.9 Å². The molecule has 3 aromatic rings. The molecule has 1 fully saturated rings. The number of hydrogen-bond donors (Lipinski definition) is 0. The first-order valence-corrected chi connectivity index (χ1v) is 11.5. The second-order valence-electron chi connectivity index (χ2n) is 6.58. The fourth-order valence-corrected chi connectivity index (χ4v) is 5.99. The highest BCUT2D eigenvalue weighted by Gasteiger charge is 2.33. The smallest absolute Gasteiger partial charge is 0.349 e. The van der Waals surface area contributed by atoms with Crippen molar-refractivity contribution in [2.24, 2.45) is 0 Å². The van der Waals surface area contributed by atoms with Gasteiger partial charge >= 0.3 is 5.97 Å². The van der Waals surface area contributed by atoms with E-state index in [0.29, 0.717) is 24.7 Å². The Hall–Kier alpha value is -2.83. The number of aromatic nitrogens is 4. The van der Waals surface area contributed by atoms with Gasteiger partial charge in [-0.05, 0) is 24.4 Å². The van der Waals surface area contributed by atoms with Crippen LogP contribution in [-0.4, -0.2) is 71.7 Å². The molecule has 0 N–H and O–H groups in total. The third kappa shape index (κ3) is 3.80. The molecular weight excluding hydrogens is 428 g/mol. The molecule has 0 saturated carbocycles. The van der Waals surface area contributed by atoms with Crippen molar-refractivity contribution in [3.05, 3.63) is 46.7 Å². The number of hydrogen-bond acceptors (Lipinski definition) is 9. The molecule has 158 valence electrons. The van der Waals surface area contributed by atoms with Crippen LogP contribution in [-0.2, 0) is 14.8 Å².